The molecule has 0 fully saturated rings. The van der Waals surface area contributed by atoms with Crippen LogP contribution in [0.15, 0.2) is 172 Å². The number of aromatic hydroxyl groups is 2. The third-order valence-electron chi connectivity index (χ3n) is 7.63. The number of nitrogens with zero attached hydrogens (tertiary/aromatic N) is 9. The molecule has 0 radical (unpaired) electrons. The molecule has 0 atom stereocenters. The molecule has 6 aromatic carbocycles. The van der Waals surface area contributed by atoms with E-state index in [0.29, 0.717) is 22.6 Å². The quantitative estimate of drug-likeness (QED) is 0.0392. The smallest absolute Gasteiger partial charge is 0.872 e. The van der Waals surface area contributed by atoms with Gasteiger partial charge in [0.05, 0.1) is 50.3 Å². The minimum Gasteiger partial charge on any atom is -0.872 e. The zero-order valence-corrected chi connectivity index (χ0v) is 36.1. The fourth-order valence-electron chi connectivity index (χ4n) is 4.72. The van der Waals surface area contributed by atoms with Gasteiger partial charge in [-0.3, -0.25) is 4.55 Å². The molecule has 6 aromatic rings. The Morgan fingerprint density at radius 2 is 0.967 bits per heavy atom. The third kappa shape index (κ3) is 12.4. The first-order chi connectivity index (χ1) is 27.7. The summed E-state index contributed by atoms with van der Waals surface area (Å²) < 4.78 is 32.0. The number of aromatic carboxylic acids is 1. The largest absolute Gasteiger partial charge is 1.00 e. The van der Waals surface area contributed by atoms with Gasteiger partial charge in [-0.25, -0.2) is 9.79 Å². The molecular weight excluding hydrogens is 821 g/mol. The summed E-state index contributed by atoms with van der Waals surface area (Å²) in [4.78, 5) is 15.0. The molecule has 5 N–H and O–H groups in total. The van der Waals surface area contributed by atoms with Crippen molar-refractivity contribution in [3.05, 3.63) is 132 Å². The van der Waals surface area contributed by atoms with Gasteiger partial charge in [0, 0.05) is 17.7 Å². The summed E-state index contributed by atoms with van der Waals surface area (Å²) in [5.41, 5.74) is 1.00. The van der Waals surface area contributed by atoms with Gasteiger partial charge in [0.2, 0.25) is 5.90 Å². The molecule has 19 nitrogen and oxygen atoms in total. The predicted molar refractivity (Wildman–Crippen MR) is 203 cm³/mol. The van der Waals surface area contributed by atoms with E-state index in [-0.39, 0.29) is 104 Å². The molecule has 0 saturated heterocycles. The standard InChI is InChI=1S/C38H27N9O10S.2Na/c48-33-14-12-26(17-29(33)38(53)54)43-40-23-6-4-21(5-7-23)37(52)39-22-8-10-24(11-9-22)41-45-31-19-32(36(51)20-35(31)50)47-46-30-18-27(13-15-34(30)49)44-42-25-2-1-3-28(16-25)58(55,56)57;;/h1-20,48-51H,(H,39,52)(H,53,54)(H,55,56,57);;/q;2*+1/p-2. The normalized spacial score (nSPS) is 11.9. The van der Waals surface area contributed by atoms with Gasteiger partial charge in [-0.1, -0.05) is 29.7 Å². The summed E-state index contributed by atoms with van der Waals surface area (Å²) in [6, 6.07) is 26.9. The summed E-state index contributed by atoms with van der Waals surface area (Å²) in [5.74, 6) is -3.78. The van der Waals surface area contributed by atoms with Gasteiger partial charge in [0.25, 0.3) is 10.1 Å². The Labute approximate surface area is 384 Å². The number of aliphatic hydroxyl groups excluding tert-OH is 1. The number of hydrogen-bond acceptors (Lipinski definition) is 16. The first kappa shape index (κ1) is 46.5. The average molecular weight is 846 g/mol. The van der Waals surface area contributed by atoms with Gasteiger partial charge in [-0.2, -0.15) is 39.1 Å². The molecule has 0 bridgehead atoms. The maximum Gasteiger partial charge on any atom is 1.00 e. The Morgan fingerprint density at radius 3 is 1.57 bits per heavy atom. The number of rotatable bonds is 12. The van der Waals surface area contributed by atoms with Crippen molar-refractivity contribution in [1.29, 1.82) is 0 Å². The van der Waals surface area contributed by atoms with Crippen molar-refractivity contribution in [1.82, 2.24) is 0 Å². The molecule has 0 aromatic heterocycles. The third-order valence-corrected chi connectivity index (χ3v) is 8.48. The van der Waals surface area contributed by atoms with Crippen molar-refractivity contribution >= 4 is 73.2 Å². The zero-order chi connectivity index (χ0) is 41.4. The van der Waals surface area contributed by atoms with E-state index in [4.69, 9.17) is 5.11 Å². The number of benzene rings is 6. The Bertz CT molecular complexity index is 2800. The Kier molecular flexibility index (Phi) is 16.0. The zero-order valence-electron chi connectivity index (χ0n) is 31.3. The summed E-state index contributed by atoms with van der Waals surface area (Å²) in [5, 5.41) is 96.2. The molecular formula is C38H25N9Na2O10S. The van der Waals surface area contributed by atoms with Crippen molar-refractivity contribution < 1.29 is 108 Å². The van der Waals surface area contributed by atoms with E-state index in [1.54, 1.807) is 36.4 Å². The van der Waals surface area contributed by atoms with Crippen LogP contribution in [0.4, 0.5) is 51.2 Å². The first-order valence-electron chi connectivity index (χ1n) is 16.4. The Balaban J connectivity index is 0.00000397. The maximum atomic E-state index is 12.4. The van der Waals surface area contributed by atoms with Crippen LogP contribution >= 0.6 is 0 Å². The van der Waals surface area contributed by atoms with E-state index in [9.17, 15) is 43.3 Å². The number of aliphatic imine (C=N–C) groups is 1. The minimum atomic E-state index is -4.45. The van der Waals surface area contributed by atoms with Gasteiger partial charge < -0.3 is 30.6 Å². The van der Waals surface area contributed by atoms with Crippen molar-refractivity contribution in [2.24, 2.45) is 45.9 Å². The van der Waals surface area contributed by atoms with E-state index in [0.717, 1.165) is 30.3 Å². The summed E-state index contributed by atoms with van der Waals surface area (Å²) in [6.45, 7) is 0. The van der Waals surface area contributed by atoms with Gasteiger partial charge in [0.1, 0.15) is 22.9 Å². The van der Waals surface area contributed by atoms with Gasteiger partial charge in [0.15, 0.2) is 0 Å². The summed E-state index contributed by atoms with van der Waals surface area (Å²) in [7, 11) is -4.45. The van der Waals surface area contributed by atoms with Crippen LogP contribution in [0.5, 0.6) is 23.0 Å². The van der Waals surface area contributed by atoms with Gasteiger partial charge in [-0.15, -0.1) is 10.2 Å². The van der Waals surface area contributed by atoms with Crippen molar-refractivity contribution in [3.8, 4) is 23.0 Å². The molecule has 0 aliphatic heterocycles. The second-order valence-electron chi connectivity index (χ2n) is 11.7. The van der Waals surface area contributed by atoms with Crippen molar-refractivity contribution in [2.75, 3.05) is 0 Å². The molecule has 0 spiro atoms. The van der Waals surface area contributed by atoms with Crippen LogP contribution in [0.1, 0.15) is 15.9 Å². The molecule has 0 heterocycles. The molecule has 22 heteroatoms. The average Bonchev–Trinajstić information content (AvgIpc) is 3.20. The van der Waals surface area contributed by atoms with Crippen LogP contribution in [0.2, 0.25) is 0 Å². The van der Waals surface area contributed by atoms with E-state index in [2.05, 4.69) is 45.9 Å². The van der Waals surface area contributed by atoms with E-state index < -0.39 is 44.6 Å². The van der Waals surface area contributed by atoms with E-state index in [1.807, 2.05) is 0 Å². The maximum absolute atomic E-state index is 12.4. The number of azo groups is 4. The van der Waals surface area contributed by atoms with E-state index in [1.165, 1.54) is 54.6 Å². The number of hydrogen-bond donors (Lipinski definition) is 5. The number of aliphatic hydroxyl groups is 1. The number of carboxylic acids is 1. The molecule has 0 amide bonds. The second-order valence-corrected chi connectivity index (χ2v) is 13.2. The van der Waals surface area contributed by atoms with Gasteiger partial charge in [-0.05, 0) is 91.0 Å². The van der Waals surface area contributed by atoms with Crippen LogP contribution in [-0.2, 0) is 10.1 Å². The van der Waals surface area contributed by atoms with Crippen LogP contribution in [-0.4, -0.2) is 45.3 Å². The first-order valence-corrected chi connectivity index (χ1v) is 17.8. The Morgan fingerprint density at radius 1 is 0.500 bits per heavy atom. The van der Waals surface area contributed by atoms with Crippen LogP contribution < -0.4 is 69.3 Å². The monoisotopic (exact) mass is 845 g/mol. The molecule has 0 aliphatic rings. The number of carbonyl (C=O) groups is 1. The van der Waals surface area contributed by atoms with Crippen LogP contribution in [0.3, 0.4) is 0 Å². The topological polar surface area (TPSA) is 310 Å². The van der Waals surface area contributed by atoms with Crippen molar-refractivity contribution in [3.63, 3.8) is 0 Å². The number of phenolic OH excluding ortho intramolecular Hbond substituents is 2. The van der Waals surface area contributed by atoms with Gasteiger partial charge >= 0.3 is 65.1 Å². The molecule has 0 unspecified atom stereocenters. The number of carboxylic acid groups (broad SMARTS) is 1. The molecule has 290 valence electrons. The fraction of sp³-hybridized carbons (Fsp3) is 0. The molecule has 0 aliphatic carbocycles. The van der Waals surface area contributed by atoms with Crippen LogP contribution in [0, 0.1) is 0 Å². The second kappa shape index (κ2) is 20.6. The van der Waals surface area contributed by atoms with Crippen molar-refractivity contribution in [2.45, 2.75) is 4.90 Å². The Hall–Kier alpha value is -6.23. The fourth-order valence-corrected chi connectivity index (χ4v) is 5.24. The summed E-state index contributed by atoms with van der Waals surface area (Å²) in [6.07, 6.45) is 0. The minimum absolute atomic E-state index is 0. The molecule has 60 heavy (non-hydrogen) atoms. The summed E-state index contributed by atoms with van der Waals surface area (Å²) >= 11 is 0. The molecule has 0 saturated carbocycles. The number of phenols is 2. The SMILES string of the molecule is O=C(O)c1cc(N=Nc2ccc(C(O)=Nc3ccc(N=Nc4cc(N=Nc5cc(N=Nc6cccc(S(=O)(=O)O)c6)ccc5[O-])c(O)cc4O)cc3)cc2)ccc1[O-].[Na+].[Na+]. The predicted octanol–water partition coefficient (Wildman–Crippen LogP) is 3.50. The van der Waals surface area contributed by atoms with E-state index >= 15 is 0 Å². The molecule has 6 rings (SSSR count). The van der Waals surface area contributed by atoms with Crippen LogP contribution in [0.25, 0.3) is 0 Å².